The van der Waals surface area contributed by atoms with Crippen molar-refractivity contribution in [2.75, 3.05) is 6.61 Å². The standard InChI is InChI=1S/C16H23NO3/c1-2-20-15-8-7-11(5-3-4-6-16(18)19)13-9-12(17)10-14(13)15/h7-8,12H,2-6,9-10,17H2,1H3,(H,18,19). The summed E-state index contributed by atoms with van der Waals surface area (Å²) in [4.78, 5) is 10.5. The first-order valence-electron chi connectivity index (χ1n) is 7.35. The van der Waals surface area contributed by atoms with Crippen molar-refractivity contribution in [3.63, 3.8) is 0 Å². The topological polar surface area (TPSA) is 72.5 Å². The summed E-state index contributed by atoms with van der Waals surface area (Å²) in [5.74, 6) is 0.244. The third-order valence-electron chi connectivity index (χ3n) is 3.80. The van der Waals surface area contributed by atoms with Crippen molar-refractivity contribution < 1.29 is 14.6 Å². The van der Waals surface area contributed by atoms with Crippen LogP contribution < -0.4 is 10.5 Å². The van der Waals surface area contributed by atoms with Gasteiger partial charge in [-0.15, -0.1) is 0 Å². The molecule has 0 amide bonds. The summed E-state index contributed by atoms with van der Waals surface area (Å²) >= 11 is 0. The Hall–Kier alpha value is -1.55. The minimum atomic E-state index is -0.719. The first kappa shape index (κ1) is 14.9. The number of carbonyl (C=O) groups is 1. The molecule has 0 radical (unpaired) electrons. The Morgan fingerprint density at radius 2 is 2.10 bits per heavy atom. The van der Waals surface area contributed by atoms with Crippen LogP contribution in [-0.2, 0) is 24.1 Å². The Labute approximate surface area is 119 Å². The lowest BCUT2D eigenvalue weighted by atomic mass is 9.97. The summed E-state index contributed by atoms with van der Waals surface area (Å²) in [5.41, 5.74) is 9.98. The van der Waals surface area contributed by atoms with Gasteiger partial charge in [0.2, 0.25) is 0 Å². The van der Waals surface area contributed by atoms with Crippen LogP contribution in [0.2, 0.25) is 0 Å². The molecule has 3 N–H and O–H groups in total. The number of benzene rings is 1. The van der Waals surface area contributed by atoms with Crippen LogP contribution in [0.15, 0.2) is 12.1 Å². The van der Waals surface area contributed by atoms with Crippen molar-refractivity contribution in [2.45, 2.75) is 51.5 Å². The van der Waals surface area contributed by atoms with E-state index >= 15 is 0 Å². The molecule has 1 unspecified atom stereocenters. The molecular weight excluding hydrogens is 254 g/mol. The molecular formula is C16H23NO3. The van der Waals surface area contributed by atoms with Crippen LogP contribution in [0.5, 0.6) is 5.75 Å². The molecule has 1 atom stereocenters. The van der Waals surface area contributed by atoms with Crippen molar-refractivity contribution >= 4 is 5.97 Å². The lowest BCUT2D eigenvalue weighted by Gasteiger charge is -2.13. The van der Waals surface area contributed by atoms with Crippen LogP contribution >= 0.6 is 0 Å². The zero-order chi connectivity index (χ0) is 14.5. The van der Waals surface area contributed by atoms with Gasteiger partial charge in [0.05, 0.1) is 6.61 Å². The maximum absolute atomic E-state index is 10.5. The molecule has 0 aliphatic heterocycles. The lowest BCUT2D eigenvalue weighted by molar-refractivity contribution is -0.137. The summed E-state index contributed by atoms with van der Waals surface area (Å²) in [6.45, 7) is 2.65. The average Bonchev–Trinajstić information content (AvgIpc) is 2.78. The van der Waals surface area contributed by atoms with Crippen molar-refractivity contribution in [1.29, 1.82) is 0 Å². The average molecular weight is 277 g/mol. The molecule has 1 aromatic carbocycles. The molecule has 1 aromatic rings. The summed E-state index contributed by atoms with van der Waals surface area (Å²) < 4.78 is 5.68. The predicted molar refractivity (Wildman–Crippen MR) is 78.2 cm³/mol. The Morgan fingerprint density at radius 3 is 2.80 bits per heavy atom. The number of aliphatic carboxylic acids is 1. The zero-order valence-corrected chi connectivity index (χ0v) is 12.0. The molecule has 0 bridgehead atoms. The number of hydrogen-bond donors (Lipinski definition) is 2. The Balaban J connectivity index is 2.07. The van der Waals surface area contributed by atoms with E-state index in [9.17, 15) is 4.79 Å². The predicted octanol–water partition coefficient (Wildman–Crippen LogP) is 2.31. The minimum absolute atomic E-state index is 0.185. The number of carboxylic acid groups (broad SMARTS) is 1. The molecule has 0 fully saturated rings. The Bertz CT molecular complexity index is 485. The molecule has 20 heavy (non-hydrogen) atoms. The minimum Gasteiger partial charge on any atom is -0.494 e. The molecule has 0 spiro atoms. The van der Waals surface area contributed by atoms with E-state index in [0.717, 1.165) is 37.9 Å². The van der Waals surface area contributed by atoms with Crippen LogP contribution in [0.1, 0.15) is 42.9 Å². The van der Waals surface area contributed by atoms with Gasteiger partial charge in [-0.2, -0.15) is 0 Å². The fraction of sp³-hybridized carbons (Fsp3) is 0.562. The van der Waals surface area contributed by atoms with E-state index in [0.29, 0.717) is 6.61 Å². The molecule has 0 saturated heterocycles. The largest absolute Gasteiger partial charge is 0.494 e. The number of unbranched alkanes of at least 4 members (excludes halogenated alkanes) is 1. The van der Waals surface area contributed by atoms with Gasteiger partial charge in [-0.1, -0.05) is 6.07 Å². The fourth-order valence-electron chi connectivity index (χ4n) is 2.91. The molecule has 110 valence electrons. The SMILES string of the molecule is CCOc1ccc(CCCCC(=O)O)c2c1CC(N)C2. The van der Waals surface area contributed by atoms with E-state index in [1.165, 1.54) is 16.7 Å². The van der Waals surface area contributed by atoms with E-state index in [2.05, 4.69) is 6.07 Å². The number of aryl methyl sites for hydroxylation is 1. The molecule has 4 heteroatoms. The number of hydrogen-bond acceptors (Lipinski definition) is 3. The third-order valence-corrected chi connectivity index (χ3v) is 3.80. The van der Waals surface area contributed by atoms with Gasteiger partial charge in [0.1, 0.15) is 5.75 Å². The first-order valence-corrected chi connectivity index (χ1v) is 7.35. The van der Waals surface area contributed by atoms with E-state index in [1.807, 2.05) is 13.0 Å². The van der Waals surface area contributed by atoms with Gasteiger partial charge in [-0.05, 0) is 61.8 Å². The third kappa shape index (κ3) is 3.51. The molecule has 1 aliphatic carbocycles. The lowest BCUT2D eigenvalue weighted by Crippen LogP contribution is -2.19. The highest BCUT2D eigenvalue weighted by atomic mass is 16.5. The monoisotopic (exact) mass is 277 g/mol. The van der Waals surface area contributed by atoms with Crippen molar-refractivity contribution in [1.82, 2.24) is 0 Å². The summed E-state index contributed by atoms with van der Waals surface area (Å²) in [5, 5.41) is 8.66. The van der Waals surface area contributed by atoms with Crippen LogP contribution in [0.25, 0.3) is 0 Å². The molecule has 0 heterocycles. The van der Waals surface area contributed by atoms with Crippen LogP contribution in [0.3, 0.4) is 0 Å². The second-order valence-electron chi connectivity index (χ2n) is 5.38. The molecule has 0 saturated carbocycles. The van der Waals surface area contributed by atoms with Crippen molar-refractivity contribution in [2.24, 2.45) is 5.73 Å². The maximum atomic E-state index is 10.5. The second-order valence-corrected chi connectivity index (χ2v) is 5.38. The molecule has 4 nitrogen and oxygen atoms in total. The van der Waals surface area contributed by atoms with E-state index < -0.39 is 5.97 Å². The zero-order valence-electron chi connectivity index (χ0n) is 12.0. The summed E-state index contributed by atoms with van der Waals surface area (Å²) in [6.07, 6.45) is 4.59. The van der Waals surface area contributed by atoms with E-state index in [1.54, 1.807) is 0 Å². The van der Waals surface area contributed by atoms with E-state index in [-0.39, 0.29) is 12.5 Å². The first-order chi connectivity index (χ1) is 9.61. The quantitative estimate of drug-likeness (QED) is 0.750. The smallest absolute Gasteiger partial charge is 0.303 e. The van der Waals surface area contributed by atoms with Gasteiger partial charge in [0.25, 0.3) is 0 Å². The molecule has 0 aromatic heterocycles. The number of rotatable bonds is 7. The molecule has 2 rings (SSSR count). The Kier molecular flexibility index (Phi) is 5.01. The second kappa shape index (κ2) is 6.75. The van der Waals surface area contributed by atoms with Crippen LogP contribution in [0.4, 0.5) is 0 Å². The van der Waals surface area contributed by atoms with Gasteiger partial charge in [-0.3, -0.25) is 4.79 Å². The summed E-state index contributed by atoms with van der Waals surface area (Å²) in [7, 11) is 0. The highest BCUT2D eigenvalue weighted by molar-refractivity contribution is 5.66. The number of ether oxygens (including phenoxy) is 1. The van der Waals surface area contributed by atoms with Crippen LogP contribution in [-0.4, -0.2) is 23.7 Å². The van der Waals surface area contributed by atoms with Crippen molar-refractivity contribution in [3.05, 3.63) is 28.8 Å². The van der Waals surface area contributed by atoms with Crippen LogP contribution in [0, 0.1) is 0 Å². The van der Waals surface area contributed by atoms with Gasteiger partial charge in [-0.25, -0.2) is 0 Å². The number of nitrogens with two attached hydrogens (primary N) is 1. The highest BCUT2D eigenvalue weighted by Crippen LogP contribution is 2.33. The number of carboxylic acids is 1. The number of fused-ring (bicyclic) bond motifs is 1. The molecule has 1 aliphatic rings. The highest BCUT2D eigenvalue weighted by Gasteiger charge is 2.24. The van der Waals surface area contributed by atoms with Gasteiger partial charge in [0.15, 0.2) is 0 Å². The van der Waals surface area contributed by atoms with Gasteiger partial charge < -0.3 is 15.6 Å². The van der Waals surface area contributed by atoms with Gasteiger partial charge >= 0.3 is 5.97 Å². The maximum Gasteiger partial charge on any atom is 0.303 e. The van der Waals surface area contributed by atoms with E-state index in [4.69, 9.17) is 15.6 Å². The normalized spacial score (nSPS) is 17.0. The summed E-state index contributed by atoms with van der Waals surface area (Å²) in [6, 6.07) is 4.33. The fourth-order valence-corrected chi connectivity index (χ4v) is 2.91. The Morgan fingerprint density at radius 1 is 1.35 bits per heavy atom. The van der Waals surface area contributed by atoms with Gasteiger partial charge in [0, 0.05) is 12.5 Å². The van der Waals surface area contributed by atoms with Crippen molar-refractivity contribution in [3.8, 4) is 5.75 Å².